The predicted molar refractivity (Wildman–Crippen MR) is 107 cm³/mol. The van der Waals surface area contributed by atoms with Crippen LogP contribution >= 0.6 is 0 Å². The van der Waals surface area contributed by atoms with E-state index in [-0.39, 0.29) is 0 Å². The molecule has 2 aliphatic heterocycles. The summed E-state index contributed by atoms with van der Waals surface area (Å²) in [4.78, 5) is 11.3. The number of rotatable bonds is 4. The molecular weight excluding hydrogens is 350 g/mol. The van der Waals surface area contributed by atoms with Crippen LogP contribution in [0.3, 0.4) is 0 Å². The fraction of sp³-hybridized carbons (Fsp3) is 0.304. The van der Waals surface area contributed by atoms with E-state index in [2.05, 4.69) is 41.1 Å². The first kappa shape index (κ1) is 17.2. The van der Waals surface area contributed by atoms with Crippen molar-refractivity contribution in [2.45, 2.75) is 32.4 Å². The molecule has 0 saturated heterocycles. The van der Waals surface area contributed by atoms with Crippen molar-refractivity contribution in [2.24, 2.45) is 0 Å². The molecule has 0 N–H and O–H groups in total. The van der Waals surface area contributed by atoms with Gasteiger partial charge in [-0.2, -0.15) is 0 Å². The van der Waals surface area contributed by atoms with E-state index in [0.717, 1.165) is 44.0 Å². The highest BCUT2D eigenvalue weighted by Gasteiger charge is 2.24. The molecule has 5 nitrogen and oxygen atoms in total. The first-order valence-corrected chi connectivity index (χ1v) is 9.82. The summed E-state index contributed by atoms with van der Waals surface area (Å²) < 4.78 is 11.6. The Morgan fingerprint density at radius 3 is 2.93 bits per heavy atom. The molecular formula is C23H23N3O2. The van der Waals surface area contributed by atoms with E-state index in [1.807, 2.05) is 18.2 Å². The van der Waals surface area contributed by atoms with Gasteiger partial charge in [0.2, 0.25) is 5.88 Å². The van der Waals surface area contributed by atoms with E-state index in [1.54, 1.807) is 12.4 Å². The quantitative estimate of drug-likeness (QED) is 0.681. The average molecular weight is 373 g/mol. The second-order valence-electron chi connectivity index (χ2n) is 7.41. The molecule has 0 bridgehead atoms. The van der Waals surface area contributed by atoms with Crippen LogP contribution in [0.1, 0.15) is 35.3 Å². The van der Waals surface area contributed by atoms with Crippen molar-refractivity contribution in [2.75, 3.05) is 13.2 Å². The molecule has 0 radical (unpaired) electrons. The smallest absolute Gasteiger partial charge is 0.219 e. The highest BCUT2D eigenvalue weighted by atomic mass is 16.5. The summed E-state index contributed by atoms with van der Waals surface area (Å²) >= 11 is 0. The number of ether oxygens (including phenoxy) is 2. The average Bonchev–Trinajstić information content (AvgIpc) is 3.21. The van der Waals surface area contributed by atoms with Crippen molar-refractivity contribution in [3.05, 3.63) is 77.2 Å². The summed E-state index contributed by atoms with van der Waals surface area (Å²) in [6, 6.07) is 14.9. The van der Waals surface area contributed by atoms with Crippen molar-refractivity contribution in [1.29, 1.82) is 0 Å². The lowest BCUT2D eigenvalue weighted by atomic mass is 9.99. The van der Waals surface area contributed by atoms with Gasteiger partial charge in [-0.1, -0.05) is 18.2 Å². The van der Waals surface area contributed by atoms with E-state index in [0.29, 0.717) is 17.7 Å². The molecule has 1 atom stereocenters. The van der Waals surface area contributed by atoms with Gasteiger partial charge in [-0.25, -0.2) is 4.98 Å². The van der Waals surface area contributed by atoms with Crippen molar-refractivity contribution in [1.82, 2.24) is 14.9 Å². The Balaban J connectivity index is 1.31. The number of hydrogen-bond acceptors (Lipinski definition) is 5. The normalized spacial score (nSPS) is 16.8. The van der Waals surface area contributed by atoms with Crippen LogP contribution in [-0.2, 0) is 19.4 Å². The molecule has 0 fully saturated rings. The highest BCUT2D eigenvalue weighted by molar-refractivity contribution is 5.41. The first-order chi connectivity index (χ1) is 13.8. The van der Waals surface area contributed by atoms with Crippen LogP contribution in [0.5, 0.6) is 17.4 Å². The van der Waals surface area contributed by atoms with Crippen LogP contribution in [-0.4, -0.2) is 28.0 Å². The summed E-state index contributed by atoms with van der Waals surface area (Å²) in [5.74, 6) is 2.39. The third kappa shape index (κ3) is 3.34. The van der Waals surface area contributed by atoms with Crippen LogP contribution in [0.15, 0.2) is 54.9 Å². The predicted octanol–water partition coefficient (Wildman–Crippen LogP) is 4.32. The van der Waals surface area contributed by atoms with E-state index in [1.165, 1.54) is 16.7 Å². The zero-order valence-electron chi connectivity index (χ0n) is 16.0. The minimum atomic E-state index is 0.342. The molecule has 2 aromatic heterocycles. The SMILES string of the molecule is CC(c1ccc2c(c1)OCC2)N1CCc2nc(Oc3cccnc3)ccc2C1. The van der Waals surface area contributed by atoms with Gasteiger partial charge in [-0.15, -0.1) is 0 Å². The molecule has 1 unspecified atom stereocenters. The standard InChI is InChI=1S/C23H23N3O2/c1-16(18-5-4-17-9-12-27-22(17)13-18)26-11-8-21-19(15-26)6-7-23(25-21)28-20-3-2-10-24-14-20/h2-7,10,13-14,16H,8-9,11-12,15H2,1H3. The van der Waals surface area contributed by atoms with Crippen LogP contribution in [0.2, 0.25) is 0 Å². The first-order valence-electron chi connectivity index (χ1n) is 9.82. The van der Waals surface area contributed by atoms with Gasteiger partial charge in [0.05, 0.1) is 18.5 Å². The van der Waals surface area contributed by atoms with Gasteiger partial charge in [0.25, 0.3) is 0 Å². The summed E-state index contributed by atoms with van der Waals surface area (Å²) in [6.45, 7) is 4.96. The van der Waals surface area contributed by atoms with Crippen molar-refractivity contribution in [3.63, 3.8) is 0 Å². The lowest BCUT2D eigenvalue weighted by Crippen LogP contribution is -2.33. The number of nitrogens with zero attached hydrogens (tertiary/aromatic N) is 3. The number of fused-ring (bicyclic) bond motifs is 2. The molecule has 28 heavy (non-hydrogen) atoms. The van der Waals surface area contributed by atoms with E-state index < -0.39 is 0 Å². The number of benzene rings is 1. The lowest BCUT2D eigenvalue weighted by Gasteiger charge is -2.33. The van der Waals surface area contributed by atoms with Crippen LogP contribution < -0.4 is 9.47 Å². The van der Waals surface area contributed by atoms with Crippen molar-refractivity contribution >= 4 is 0 Å². The van der Waals surface area contributed by atoms with Gasteiger partial charge in [0, 0.05) is 44.2 Å². The number of aromatic nitrogens is 2. The van der Waals surface area contributed by atoms with E-state index in [9.17, 15) is 0 Å². The zero-order chi connectivity index (χ0) is 18.9. The van der Waals surface area contributed by atoms with Gasteiger partial charge in [-0.3, -0.25) is 9.88 Å². The maximum Gasteiger partial charge on any atom is 0.219 e. The van der Waals surface area contributed by atoms with Crippen LogP contribution in [0.4, 0.5) is 0 Å². The Bertz CT molecular complexity index is 990. The molecule has 0 amide bonds. The van der Waals surface area contributed by atoms with Gasteiger partial charge >= 0.3 is 0 Å². The molecule has 2 aliphatic rings. The van der Waals surface area contributed by atoms with Gasteiger partial charge in [0.15, 0.2) is 0 Å². The molecule has 5 rings (SSSR count). The Morgan fingerprint density at radius 1 is 1.11 bits per heavy atom. The Hall–Kier alpha value is -2.92. The van der Waals surface area contributed by atoms with Crippen molar-refractivity contribution in [3.8, 4) is 17.4 Å². The topological polar surface area (TPSA) is 47.5 Å². The molecule has 0 aliphatic carbocycles. The number of hydrogen-bond donors (Lipinski definition) is 0. The molecule has 0 saturated carbocycles. The zero-order valence-corrected chi connectivity index (χ0v) is 16.0. The van der Waals surface area contributed by atoms with Gasteiger partial charge < -0.3 is 9.47 Å². The fourth-order valence-electron chi connectivity index (χ4n) is 3.99. The Morgan fingerprint density at radius 2 is 2.04 bits per heavy atom. The minimum Gasteiger partial charge on any atom is -0.493 e. The fourth-order valence-corrected chi connectivity index (χ4v) is 3.99. The maximum absolute atomic E-state index is 5.83. The van der Waals surface area contributed by atoms with Crippen LogP contribution in [0.25, 0.3) is 0 Å². The molecule has 3 aromatic rings. The van der Waals surface area contributed by atoms with Gasteiger partial charge in [0.1, 0.15) is 11.5 Å². The van der Waals surface area contributed by atoms with Crippen LogP contribution in [0, 0.1) is 0 Å². The number of pyridine rings is 2. The molecule has 142 valence electrons. The van der Waals surface area contributed by atoms with Gasteiger partial charge in [-0.05, 0) is 41.8 Å². The van der Waals surface area contributed by atoms with E-state index in [4.69, 9.17) is 14.5 Å². The Kier molecular flexibility index (Phi) is 4.45. The Labute approximate surface area is 165 Å². The molecule has 0 spiro atoms. The van der Waals surface area contributed by atoms with Crippen molar-refractivity contribution < 1.29 is 9.47 Å². The molecule has 4 heterocycles. The lowest BCUT2D eigenvalue weighted by molar-refractivity contribution is 0.190. The molecule has 5 heteroatoms. The largest absolute Gasteiger partial charge is 0.493 e. The maximum atomic E-state index is 5.83. The third-order valence-corrected chi connectivity index (χ3v) is 5.66. The second-order valence-corrected chi connectivity index (χ2v) is 7.41. The molecule has 1 aromatic carbocycles. The third-order valence-electron chi connectivity index (χ3n) is 5.66. The van der Waals surface area contributed by atoms with E-state index >= 15 is 0 Å². The monoisotopic (exact) mass is 373 g/mol. The summed E-state index contributed by atoms with van der Waals surface area (Å²) in [5.41, 5.74) is 5.04. The summed E-state index contributed by atoms with van der Waals surface area (Å²) in [6.07, 6.45) is 5.38. The highest BCUT2D eigenvalue weighted by Crippen LogP contribution is 2.33. The second kappa shape index (κ2) is 7.24. The minimum absolute atomic E-state index is 0.342. The summed E-state index contributed by atoms with van der Waals surface area (Å²) in [5, 5.41) is 0. The summed E-state index contributed by atoms with van der Waals surface area (Å²) in [7, 11) is 0.